The molecule has 0 saturated carbocycles. The Morgan fingerprint density at radius 1 is 0.600 bits per heavy atom. The standard InChI is InChI=1S/2C6H4ClN3/c2*7-4-1-2-5-6(3-4)9-10-8-5/h2*1-3H,(H,8,9,10). The minimum atomic E-state index is 0.682. The molecule has 20 heavy (non-hydrogen) atoms. The lowest BCUT2D eigenvalue weighted by molar-refractivity contribution is 0.959. The summed E-state index contributed by atoms with van der Waals surface area (Å²) in [6.07, 6.45) is 0. The molecule has 8 heteroatoms. The van der Waals surface area contributed by atoms with Crippen LogP contribution < -0.4 is 0 Å². The van der Waals surface area contributed by atoms with Crippen LogP contribution in [0.1, 0.15) is 0 Å². The Bertz CT molecular complexity index is 781. The van der Waals surface area contributed by atoms with Gasteiger partial charge in [-0.2, -0.15) is 30.8 Å². The van der Waals surface area contributed by atoms with Crippen molar-refractivity contribution in [1.82, 2.24) is 30.8 Å². The molecule has 0 aliphatic rings. The molecule has 0 aliphatic carbocycles. The summed E-state index contributed by atoms with van der Waals surface area (Å²) in [5.41, 5.74) is 3.27. The summed E-state index contributed by atoms with van der Waals surface area (Å²) in [7, 11) is 0. The molecule has 0 fully saturated rings. The summed E-state index contributed by atoms with van der Waals surface area (Å²) in [6, 6.07) is 10.7. The summed E-state index contributed by atoms with van der Waals surface area (Å²) < 4.78 is 0. The first-order chi connectivity index (χ1) is 9.72. The van der Waals surface area contributed by atoms with E-state index in [1.165, 1.54) is 0 Å². The molecule has 0 saturated heterocycles. The molecule has 6 nitrogen and oxygen atoms in total. The van der Waals surface area contributed by atoms with Crippen molar-refractivity contribution in [2.24, 2.45) is 0 Å². The lowest BCUT2D eigenvalue weighted by Gasteiger charge is -1.84. The zero-order chi connectivity index (χ0) is 13.9. The quantitative estimate of drug-likeness (QED) is 0.522. The Kier molecular flexibility index (Phi) is 3.49. The maximum absolute atomic E-state index is 5.69. The molecule has 2 aromatic carbocycles. The van der Waals surface area contributed by atoms with Crippen LogP contribution in [0.15, 0.2) is 36.4 Å². The molecule has 2 heterocycles. The third-order valence-corrected chi connectivity index (χ3v) is 3.03. The van der Waals surface area contributed by atoms with Crippen molar-refractivity contribution in [2.45, 2.75) is 0 Å². The van der Waals surface area contributed by atoms with E-state index in [4.69, 9.17) is 23.2 Å². The number of aromatic amines is 2. The summed E-state index contributed by atoms with van der Waals surface area (Å²) in [5.74, 6) is 0. The zero-order valence-electron chi connectivity index (χ0n) is 10.0. The molecule has 0 radical (unpaired) electrons. The van der Waals surface area contributed by atoms with Gasteiger partial charge in [-0.15, -0.1) is 0 Å². The predicted molar refractivity (Wildman–Crippen MR) is 77.8 cm³/mol. The number of nitrogens with zero attached hydrogens (tertiary/aromatic N) is 4. The second-order valence-corrected chi connectivity index (χ2v) is 4.79. The maximum atomic E-state index is 5.69. The van der Waals surface area contributed by atoms with Crippen LogP contribution in [0.5, 0.6) is 0 Å². The minimum Gasteiger partial charge on any atom is -0.197 e. The van der Waals surface area contributed by atoms with E-state index in [2.05, 4.69) is 30.8 Å². The summed E-state index contributed by atoms with van der Waals surface area (Å²) in [4.78, 5) is 0. The topological polar surface area (TPSA) is 83.1 Å². The van der Waals surface area contributed by atoms with Gasteiger partial charge in [-0.05, 0) is 36.4 Å². The molecule has 0 amide bonds. The lowest BCUT2D eigenvalue weighted by Crippen LogP contribution is -1.67. The molecule has 2 aromatic heterocycles. The SMILES string of the molecule is Clc1ccc2n[nH]nc2c1.Clc1ccc2n[nH]nc2c1. The third-order valence-electron chi connectivity index (χ3n) is 2.56. The summed E-state index contributed by atoms with van der Waals surface area (Å²) in [5, 5.41) is 21.8. The average molecular weight is 307 g/mol. The van der Waals surface area contributed by atoms with E-state index in [-0.39, 0.29) is 0 Å². The normalized spacial score (nSPS) is 10.5. The van der Waals surface area contributed by atoms with Crippen LogP contribution in [0.25, 0.3) is 22.1 Å². The molecule has 2 N–H and O–H groups in total. The first-order valence-corrected chi connectivity index (χ1v) is 6.40. The second-order valence-electron chi connectivity index (χ2n) is 3.91. The van der Waals surface area contributed by atoms with E-state index < -0.39 is 0 Å². The molecule has 4 aromatic rings. The number of benzene rings is 2. The van der Waals surface area contributed by atoms with E-state index in [0.29, 0.717) is 10.0 Å². The van der Waals surface area contributed by atoms with Gasteiger partial charge in [0.1, 0.15) is 22.1 Å². The van der Waals surface area contributed by atoms with Crippen molar-refractivity contribution in [3.63, 3.8) is 0 Å². The highest BCUT2D eigenvalue weighted by Gasteiger charge is 1.96. The maximum Gasteiger partial charge on any atom is 0.114 e. The number of hydrogen-bond acceptors (Lipinski definition) is 4. The van der Waals surface area contributed by atoms with E-state index >= 15 is 0 Å². The van der Waals surface area contributed by atoms with Gasteiger partial charge in [-0.25, -0.2) is 0 Å². The molecule has 100 valence electrons. The van der Waals surface area contributed by atoms with Crippen LogP contribution >= 0.6 is 23.2 Å². The molecule has 0 bridgehead atoms. The fraction of sp³-hybridized carbons (Fsp3) is 0. The van der Waals surface area contributed by atoms with Crippen molar-refractivity contribution >= 4 is 45.3 Å². The monoisotopic (exact) mass is 306 g/mol. The van der Waals surface area contributed by atoms with E-state index in [9.17, 15) is 0 Å². The second kappa shape index (κ2) is 5.44. The minimum absolute atomic E-state index is 0.682. The number of halogens is 2. The van der Waals surface area contributed by atoms with Gasteiger partial charge in [0.05, 0.1) is 0 Å². The van der Waals surface area contributed by atoms with Gasteiger partial charge in [0, 0.05) is 10.0 Å². The van der Waals surface area contributed by atoms with Gasteiger partial charge in [0.2, 0.25) is 0 Å². The Labute approximate surface area is 123 Å². The van der Waals surface area contributed by atoms with Gasteiger partial charge in [-0.3, -0.25) is 0 Å². The van der Waals surface area contributed by atoms with Gasteiger partial charge in [-0.1, -0.05) is 23.2 Å². The van der Waals surface area contributed by atoms with Crippen LogP contribution in [0.4, 0.5) is 0 Å². The van der Waals surface area contributed by atoms with Crippen LogP contribution in [-0.4, -0.2) is 30.8 Å². The van der Waals surface area contributed by atoms with Crippen LogP contribution in [0, 0.1) is 0 Å². The van der Waals surface area contributed by atoms with E-state index in [1.807, 2.05) is 12.1 Å². The average Bonchev–Trinajstić information content (AvgIpc) is 3.06. The first kappa shape index (κ1) is 12.8. The van der Waals surface area contributed by atoms with Gasteiger partial charge in [0.25, 0.3) is 0 Å². The van der Waals surface area contributed by atoms with Crippen molar-refractivity contribution in [3.05, 3.63) is 46.4 Å². The van der Waals surface area contributed by atoms with Crippen LogP contribution in [-0.2, 0) is 0 Å². The largest absolute Gasteiger partial charge is 0.197 e. The zero-order valence-corrected chi connectivity index (χ0v) is 11.5. The Morgan fingerprint density at radius 2 is 1.00 bits per heavy atom. The fourth-order valence-corrected chi connectivity index (χ4v) is 1.96. The van der Waals surface area contributed by atoms with Crippen LogP contribution in [0.2, 0.25) is 10.0 Å². The van der Waals surface area contributed by atoms with Crippen LogP contribution in [0.3, 0.4) is 0 Å². The Hall–Kier alpha value is -2.18. The highest BCUT2D eigenvalue weighted by atomic mass is 35.5. The lowest BCUT2D eigenvalue weighted by atomic mass is 10.3. The number of fused-ring (bicyclic) bond motifs is 2. The number of H-pyrrole nitrogens is 2. The molecule has 0 spiro atoms. The Balaban J connectivity index is 0.000000121. The van der Waals surface area contributed by atoms with E-state index in [0.717, 1.165) is 22.1 Å². The third kappa shape index (κ3) is 2.71. The smallest absolute Gasteiger partial charge is 0.114 e. The first-order valence-electron chi connectivity index (χ1n) is 5.64. The van der Waals surface area contributed by atoms with Gasteiger partial charge < -0.3 is 0 Å². The number of aromatic nitrogens is 6. The predicted octanol–water partition coefficient (Wildman–Crippen LogP) is 3.22. The van der Waals surface area contributed by atoms with Crippen molar-refractivity contribution in [1.29, 1.82) is 0 Å². The van der Waals surface area contributed by atoms with Crippen molar-refractivity contribution in [2.75, 3.05) is 0 Å². The van der Waals surface area contributed by atoms with Crippen molar-refractivity contribution in [3.8, 4) is 0 Å². The molecule has 4 rings (SSSR count). The Morgan fingerprint density at radius 3 is 1.45 bits per heavy atom. The highest BCUT2D eigenvalue weighted by molar-refractivity contribution is 6.31. The summed E-state index contributed by atoms with van der Waals surface area (Å²) >= 11 is 11.4. The van der Waals surface area contributed by atoms with Crippen molar-refractivity contribution < 1.29 is 0 Å². The van der Waals surface area contributed by atoms with E-state index in [1.54, 1.807) is 24.3 Å². The molecule has 0 atom stereocenters. The number of rotatable bonds is 0. The molecule has 0 aliphatic heterocycles. The van der Waals surface area contributed by atoms with Gasteiger partial charge in [0.15, 0.2) is 0 Å². The highest BCUT2D eigenvalue weighted by Crippen LogP contribution is 2.14. The molecular formula is C12H8Cl2N6. The molecular weight excluding hydrogens is 299 g/mol. The number of hydrogen-bond donors (Lipinski definition) is 2. The van der Waals surface area contributed by atoms with Gasteiger partial charge >= 0.3 is 0 Å². The molecule has 0 unspecified atom stereocenters. The number of nitrogens with one attached hydrogen (secondary N) is 2. The summed E-state index contributed by atoms with van der Waals surface area (Å²) in [6.45, 7) is 0. The fourth-order valence-electron chi connectivity index (χ4n) is 1.63.